The molecule has 1 aliphatic heterocycles. The van der Waals surface area contributed by atoms with Crippen molar-refractivity contribution in [3.8, 4) is 0 Å². The quantitative estimate of drug-likeness (QED) is 0.664. The first-order valence-corrected chi connectivity index (χ1v) is 6.36. The van der Waals surface area contributed by atoms with Crippen LogP contribution < -0.4 is 5.32 Å². The Balaban J connectivity index is 2.60. The average Bonchev–Trinajstić information content (AvgIpc) is 2.35. The Morgan fingerprint density at radius 2 is 2.11 bits per heavy atom. The molecule has 7 heteroatoms. The minimum Gasteiger partial charge on any atom is -0.480 e. The number of hydrogen-bond donors (Lipinski definition) is 3. The van der Waals surface area contributed by atoms with Gasteiger partial charge in [0.15, 0.2) is 6.04 Å². The molecule has 3 N–H and O–H groups in total. The van der Waals surface area contributed by atoms with Gasteiger partial charge in [-0.2, -0.15) is 0 Å². The van der Waals surface area contributed by atoms with Crippen molar-refractivity contribution in [2.75, 3.05) is 20.2 Å². The molecule has 7 nitrogen and oxygen atoms in total. The number of carbonyl (C=O) groups excluding carboxylic acids is 1. The summed E-state index contributed by atoms with van der Waals surface area (Å²) in [6, 6.07) is -1.78. The summed E-state index contributed by atoms with van der Waals surface area (Å²) in [5.41, 5.74) is 0. The van der Waals surface area contributed by atoms with Gasteiger partial charge in [-0.1, -0.05) is 6.92 Å². The van der Waals surface area contributed by atoms with Gasteiger partial charge in [-0.25, -0.2) is 9.59 Å². The summed E-state index contributed by atoms with van der Waals surface area (Å²) in [4.78, 5) is 24.4. The Morgan fingerprint density at radius 3 is 2.58 bits per heavy atom. The van der Waals surface area contributed by atoms with Crippen molar-refractivity contribution in [1.82, 2.24) is 10.2 Å². The fourth-order valence-corrected chi connectivity index (χ4v) is 2.14. The number of nitrogens with one attached hydrogen (secondary N) is 1. The number of nitrogens with zero attached hydrogens (tertiary/aromatic N) is 1. The van der Waals surface area contributed by atoms with Crippen molar-refractivity contribution in [3.63, 3.8) is 0 Å². The van der Waals surface area contributed by atoms with Crippen LogP contribution in [0.25, 0.3) is 0 Å². The summed E-state index contributed by atoms with van der Waals surface area (Å²) >= 11 is 0. The minimum atomic E-state index is -1.30. The molecule has 0 aliphatic carbocycles. The standard InChI is InChI=1S/C12H22N2O5/c1-7-4-5-14(6-9(7)19-3)12(18)13-10(8(2)15)11(16)17/h7-10,15H,4-6H2,1-3H3,(H,13,18)(H,16,17). The van der Waals surface area contributed by atoms with E-state index in [1.54, 1.807) is 7.11 Å². The van der Waals surface area contributed by atoms with Crippen molar-refractivity contribution in [2.24, 2.45) is 5.92 Å². The average molecular weight is 274 g/mol. The first kappa shape index (κ1) is 15.7. The van der Waals surface area contributed by atoms with E-state index in [4.69, 9.17) is 9.84 Å². The van der Waals surface area contributed by atoms with E-state index in [0.29, 0.717) is 19.0 Å². The normalized spacial score (nSPS) is 26.6. The Labute approximate surface area is 112 Å². The van der Waals surface area contributed by atoms with Crippen molar-refractivity contribution < 1.29 is 24.5 Å². The van der Waals surface area contributed by atoms with Crippen LogP contribution in [0.2, 0.25) is 0 Å². The molecule has 4 atom stereocenters. The van der Waals surface area contributed by atoms with E-state index in [2.05, 4.69) is 12.2 Å². The molecule has 110 valence electrons. The molecular formula is C12H22N2O5. The number of ether oxygens (including phenoxy) is 1. The van der Waals surface area contributed by atoms with Gasteiger partial charge in [0.05, 0.1) is 12.2 Å². The number of methoxy groups -OCH3 is 1. The maximum absolute atomic E-state index is 12.0. The molecule has 0 radical (unpaired) electrons. The van der Waals surface area contributed by atoms with Crippen LogP contribution in [0.3, 0.4) is 0 Å². The van der Waals surface area contributed by atoms with Gasteiger partial charge in [-0.3, -0.25) is 0 Å². The zero-order valence-electron chi connectivity index (χ0n) is 11.5. The van der Waals surface area contributed by atoms with E-state index < -0.39 is 24.1 Å². The van der Waals surface area contributed by atoms with E-state index in [-0.39, 0.29) is 6.10 Å². The van der Waals surface area contributed by atoms with E-state index >= 15 is 0 Å². The Kier molecular flexibility index (Phi) is 5.56. The van der Waals surface area contributed by atoms with Crippen LogP contribution >= 0.6 is 0 Å². The summed E-state index contributed by atoms with van der Waals surface area (Å²) in [6.45, 7) is 4.36. The highest BCUT2D eigenvalue weighted by molar-refractivity contribution is 5.83. The lowest BCUT2D eigenvalue weighted by atomic mass is 9.96. The van der Waals surface area contributed by atoms with Crippen LogP contribution in [0.15, 0.2) is 0 Å². The highest BCUT2D eigenvalue weighted by atomic mass is 16.5. The molecule has 1 saturated heterocycles. The van der Waals surface area contributed by atoms with E-state index in [1.165, 1.54) is 11.8 Å². The van der Waals surface area contributed by atoms with Crippen molar-refractivity contribution >= 4 is 12.0 Å². The molecule has 0 aromatic carbocycles. The predicted molar refractivity (Wildman–Crippen MR) is 67.8 cm³/mol. The van der Waals surface area contributed by atoms with Gasteiger partial charge in [0, 0.05) is 20.2 Å². The number of aliphatic hydroxyl groups excluding tert-OH is 1. The second kappa shape index (κ2) is 6.72. The molecule has 0 saturated carbocycles. The van der Waals surface area contributed by atoms with Crippen LogP contribution in [-0.4, -0.2) is 65.6 Å². The lowest BCUT2D eigenvalue weighted by Crippen LogP contribution is -2.56. The molecule has 2 amide bonds. The molecule has 0 aromatic rings. The number of piperidine rings is 1. The zero-order chi connectivity index (χ0) is 14.6. The third-order valence-electron chi connectivity index (χ3n) is 3.51. The second-order valence-electron chi connectivity index (χ2n) is 4.99. The molecule has 1 heterocycles. The molecule has 4 unspecified atom stereocenters. The lowest BCUT2D eigenvalue weighted by Gasteiger charge is -2.36. The molecule has 0 bridgehead atoms. The maximum Gasteiger partial charge on any atom is 0.328 e. The summed E-state index contributed by atoms with van der Waals surface area (Å²) < 4.78 is 5.30. The Morgan fingerprint density at radius 1 is 1.47 bits per heavy atom. The highest BCUT2D eigenvalue weighted by Gasteiger charge is 2.32. The molecule has 1 fully saturated rings. The third-order valence-corrected chi connectivity index (χ3v) is 3.51. The van der Waals surface area contributed by atoms with Crippen molar-refractivity contribution in [3.05, 3.63) is 0 Å². The van der Waals surface area contributed by atoms with Crippen LogP contribution in [-0.2, 0) is 9.53 Å². The van der Waals surface area contributed by atoms with E-state index in [9.17, 15) is 14.7 Å². The Bertz CT molecular complexity index is 334. The Hall–Kier alpha value is -1.34. The monoisotopic (exact) mass is 274 g/mol. The number of rotatable bonds is 4. The zero-order valence-corrected chi connectivity index (χ0v) is 11.5. The van der Waals surface area contributed by atoms with Gasteiger partial charge in [-0.05, 0) is 19.3 Å². The smallest absolute Gasteiger partial charge is 0.328 e. The number of likely N-dealkylation sites (tertiary alicyclic amines) is 1. The fraction of sp³-hybridized carbons (Fsp3) is 0.833. The minimum absolute atomic E-state index is 0.0469. The molecule has 0 aromatic heterocycles. The highest BCUT2D eigenvalue weighted by Crippen LogP contribution is 2.19. The summed E-state index contributed by atoms with van der Waals surface area (Å²) in [5.74, 6) is -0.891. The number of amides is 2. The second-order valence-corrected chi connectivity index (χ2v) is 4.99. The van der Waals surface area contributed by atoms with Gasteiger partial charge >= 0.3 is 12.0 Å². The molecule has 1 rings (SSSR count). The number of carboxylic acid groups (broad SMARTS) is 1. The van der Waals surface area contributed by atoms with Crippen LogP contribution in [0.1, 0.15) is 20.3 Å². The number of urea groups is 1. The maximum atomic E-state index is 12.0. The van der Waals surface area contributed by atoms with Gasteiger partial charge in [0.2, 0.25) is 0 Å². The predicted octanol–water partition coefficient (Wildman–Crippen LogP) is -0.113. The van der Waals surface area contributed by atoms with Gasteiger partial charge < -0.3 is 25.2 Å². The number of aliphatic hydroxyl groups is 1. The number of carboxylic acids is 1. The van der Waals surface area contributed by atoms with Crippen molar-refractivity contribution in [2.45, 2.75) is 38.5 Å². The van der Waals surface area contributed by atoms with Gasteiger partial charge in [-0.15, -0.1) is 0 Å². The number of aliphatic carboxylic acids is 1. The molecule has 19 heavy (non-hydrogen) atoms. The summed E-state index contributed by atoms with van der Waals surface area (Å²) in [7, 11) is 1.60. The summed E-state index contributed by atoms with van der Waals surface area (Å²) in [6.07, 6.45) is -0.393. The van der Waals surface area contributed by atoms with E-state index in [1.807, 2.05) is 0 Å². The van der Waals surface area contributed by atoms with Crippen LogP contribution in [0.5, 0.6) is 0 Å². The van der Waals surface area contributed by atoms with Gasteiger partial charge in [0.1, 0.15) is 0 Å². The molecule has 0 spiro atoms. The first-order chi connectivity index (χ1) is 8.86. The van der Waals surface area contributed by atoms with Crippen molar-refractivity contribution in [1.29, 1.82) is 0 Å². The fourth-order valence-electron chi connectivity index (χ4n) is 2.14. The number of hydrogen-bond acceptors (Lipinski definition) is 4. The van der Waals surface area contributed by atoms with E-state index in [0.717, 1.165) is 6.42 Å². The lowest BCUT2D eigenvalue weighted by molar-refractivity contribution is -0.141. The molecular weight excluding hydrogens is 252 g/mol. The topological polar surface area (TPSA) is 99.1 Å². The third kappa shape index (κ3) is 4.07. The summed E-state index contributed by atoms with van der Waals surface area (Å²) in [5, 5.41) is 20.6. The van der Waals surface area contributed by atoms with Crippen LogP contribution in [0.4, 0.5) is 4.79 Å². The van der Waals surface area contributed by atoms with Crippen LogP contribution in [0, 0.1) is 5.92 Å². The van der Waals surface area contributed by atoms with Gasteiger partial charge in [0.25, 0.3) is 0 Å². The first-order valence-electron chi connectivity index (χ1n) is 6.36. The largest absolute Gasteiger partial charge is 0.480 e. The SMILES string of the molecule is COC1CN(C(=O)NC(C(=O)O)C(C)O)CCC1C. The molecule has 1 aliphatic rings. The number of carbonyl (C=O) groups is 2.